The molecule has 7 heteroatoms. The Morgan fingerprint density at radius 3 is 2.73 bits per heavy atom. The first-order valence-electron chi connectivity index (χ1n) is 7.66. The number of hydrogen-bond acceptors (Lipinski definition) is 5. The highest BCUT2D eigenvalue weighted by Crippen LogP contribution is 2.15. The number of esters is 1. The number of nitrogens with zero attached hydrogens (tertiary/aromatic N) is 1. The number of fused-ring (bicyclic) bond motifs is 1. The number of carbonyl (C=O) groups excluding carboxylic acids is 2. The molecule has 1 amide bonds. The van der Waals surface area contributed by atoms with Crippen molar-refractivity contribution in [3.63, 3.8) is 0 Å². The van der Waals surface area contributed by atoms with Crippen molar-refractivity contribution in [1.82, 2.24) is 4.98 Å². The number of para-hydroxylation sites is 1. The van der Waals surface area contributed by atoms with Gasteiger partial charge in [0.25, 0.3) is 5.91 Å². The summed E-state index contributed by atoms with van der Waals surface area (Å²) >= 11 is 0. The molecule has 0 saturated heterocycles. The van der Waals surface area contributed by atoms with Crippen molar-refractivity contribution in [3.8, 4) is 6.07 Å². The van der Waals surface area contributed by atoms with Crippen LogP contribution in [0.2, 0.25) is 0 Å². The topological polar surface area (TPSA) is 112 Å². The van der Waals surface area contributed by atoms with Crippen LogP contribution in [0.1, 0.15) is 15.9 Å². The van der Waals surface area contributed by atoms with E-state index in [1.54, 1.807) is 42.5 Å². The van der Waals surface area contributed by atoms with Crippen molar-refractivity contribution in [2.75, 3.05) is 11.9 Å². The standard InChI is InChI=1S/C19H13N3O4/c20-10-12-4-3-5-13(8-12)21-18(24)11-26-19(25)15-9-17(23)22-16-7-2-1-6-14(15)16/h1-9H,11H2,(H,21,24)(H,22,23). The van der Waals surface area contributed by atoms with E-state index < -0.39 is 24.0 Å². The molecule has 128 valence electrons. The summed E-state index contributed by atoms with van der Waals surface area (Å²) in [4.78, 5) is 38.5. The van der Waals surface area contributed by atoms with Gasteiger partial charge in [0.15, 0.2) is 6.61 Å². The molecule has 3 rings (SSSR count). The number of amides is 1. The molecule has 0 radical (unpaired) electrons. The van der Waals surface area contributed by atoms with Gasteiger partial charge in [0.1, 0.15) is 0 Å². The van der Waals surface area contributed by atoms with Crippen molar-refractivity contribution in [2.45, 2.75) is 0 Å². The molecule has 1 heterocycles. The predicted molar refractivity (Wildman–Crippen MR) is 94.6 cm³/mol. The SMILES string of the molecule is N#Cc1cccc(NC(=O)COC(=O)c2cc(=O)[nH]c3ccccc23)c1. The molecule has 2 aromatic carbocycles. The lowest BCUT2D eigenvalue weighted by Gasteiger charge is -2.08. The monoisotopic (exact) mass is 347 g/mol. The van der Waals surface area contributed by atoms with Crippen LogP contribution in [-0.4, -0.2) is 23.5 Å². The average Bonchev–Trinajstić information content (AvgIpc) is 2.65. The number of H-pyrrole nitrogens is 1. The van der Waals surface area contributed by atoms with Gasteiger partial charge in [-0.25, -0.2) is 4.79 Å². The molecule has 0 aliphatic heterocycles. The number of carbonyl (C=O) groups is 2. The number of aromatic nitrogens is 1. The highest BCUT2D eigenvalue weighted by Gasteiger charge is 2.15. The van der Waals surface area contributed by atoms with Crippen molar-refractivity contribution >= 4 is 28.5 Å². The number of hydrogen-bond donors (Lipinski definition) is 2. The summed E-state index contributed by atoms with van der Waals surface area (Å²) in [5.74, 6) is -1.32. The fourth-order valence-corrected chi connectivity index (χ4v) is 2.45. The van der Waals surface area contributed by atoms with Gasteiger partial charge in [0.2, 0.25) is 5.56 Å². The minimum Gasteiger partial charge on any atom is -0.452 e. The Bertz CT molecular complexity index is 1100. The van der Waals surface area contributed by atoms with Crippen LogP contribution in [0.25, 0.3) is 10.9 Å². The number of aromatic amines is 1. The van der Waals surface area contributed by atoms with Crippen molar-refractivity contribution in [3.05, 3.63) is 76.1 Å². The van der Waals surface area contributed by atoms with Gasteiger partial charge in [0.05, 0.1) is 17.2 Å². The van der Waals surface area contributed by atoms with E-state index in [0.717, 1.165) is 6.07 Å². The lowest BCUT2D eigenvalue weighted by Crippen LogP contribution is -2.22. The van der Waals surface area contributed by atoms with E-state index in [0.29, 0.717) is 22.2 Å². The fourth-order valence-electron chi connectivity index (χ4n) is 2.45. The Hall–Kier alpha value is -3.92. The third-order valence-corrected chi connectivity index (χ3v) is 3.58. The maximum Gasteiger partial charge on any atom is 0.339 e. The van der Waals surface area contributed by atoms with Crippen LogP contribution >= 0.6 is 0 Å². The third-order valence-electron chi connectivity index (χ3n) is 3.58. The van der Waals surface area contributed by atoms with Crippen LogP contribution in [0.4, 0.5) is 5.69 Å². The van der Waals surface area contributed by atoms with E-state index in [-0.39, 0.29) is 5.56 Å². The highest BCUT2D eigenvalue weighted by atomic mass is 16.5. The summed E-state index contributed by atoms with van der Waals surface area (Å²) in [6.07, 6.45) is 0. The molecule has 0 aliphatic carbocycles. The summed E-state index contributed by atoms with van der Waals surface area (Å²) in [6.45, 7) is -0.517. The number of nitrogens with one attached hydrogen (secondary N) is 2. The van der Waals surface area contributed by atoms with Crippen LogP contribution in [0.5, 0.6) is 0 Å². The maximum atomic E-state index is 12.3. The first kappa shape index (κ1) is 16.9. The molecule has 0 fully saturated rings. The van der Waals surface area contributed by atoms with E-state index in [9.17, 15) is 14.4 Å². The summed E-state index contributed by atoms with van der Waals surface area (Å²) in [5, 5.41) is 11.9. The van der Waals surface area contributed by atoms with E-state index in [1.807, 2.05) is 6.07 Å². The minimum absolute atomic E-state index is 0.0867. The number of ether oxygens (including phenoxy) is 1. The second-order valence-corrected chi connectivity index (χ2v) is 5.41. The molecular weight excluding hydrogens is 334 g/mol. The van der Waals surface area contributed by atoms with Gasteiger partial charge in [-0.15, -0.1) is 0 Å². The summed E-state index contributed by atoms with van der Waals surface area (Å²) in [7, 11) is 0. The normalized spacial score (nSPS) is 10.1. The number of pyridine rings is 1. The first-order valence-corrected chi connectivity index (χ1v) is 7.66. The van der Waals surface area contributed by atoms with Gasteiger partial charge >= 0.3 is 5.97 Å². The Kier molecular flexibility index (Phi) is 4.76. The predicted octanol–water partition coefficient (Wildman–Crippen LogP) is 2.20. The van der Waals surface area contributed by atoms with Gasteiger partial charge in [0, 0.05) is 22.7 Å². The Labute approximate surface area is 147 Å². The van der Waals surface area contributed by atoms with Gasteiger partial charge in [-0.2, -0.15) is 5.26 Å². The average molecular weight is 347 g/mol. The van der Waals surface area contributed by atoms with Crippen LogP contribution in [0.3, 0.4) is 0 Å². The summed E-state index contributed by atoms with van der Waals surface area (Å²) in [5.41, 5.74) is 0.975. The fraction of sp³-hybridized carbons (Fsp3) is 0.0526. The number of nitriles is 1. The van der Waals surface area contributed by atoms with E-state index >= 15 is 0 Å². The summed E-state index contributed by atoms with van der Waals surface area (Å²) in [6, 6.07) is 16.3. The molecule has 0 unspecified atom stereocenters. The molecule has 0 atom stereocenters. The number of benzene rings is 2. The summed E-state index contributed by atoms with van der Waals surface area (Å²) < 4.78 is 5.01. The Balaban J connectivity index is 1.70. The van der Waals surface area contributed by atoms with E-state index in [2.05, 4.69) is 10.3 Å². The van der Waals surface area contributed by atoms with Crippen LogP contribution in [0.15, 0.2) is 59.4 Å². The zero-order chi connectivity index (χ0) is 18.5. The first-order chi connectivity index (χ1) is 12.6. The van der Waals surface area contributed by atoms with Crippen LogP contribution in [-0.2, 0) is 9.53 Å². The molecule has 2 N–H and O–H groups in total. The smallest absolute Gasteiger partial charge is 0.339 e. The molecule has 0 bridgehead atoms. The van der Waals surface area contributed by atoms with Crippen molar-refractivity contribution in [2.24, 2.45) is 0 Å². The molecule has 7 nitrogen and oxygen atoms in total. The molecule has 0 saturated carbocycles. The van der Waals surface area contributed by atoms with Crippen molar-refractivity contribution < 1.29 is 14.3 Å². The van der Waals surface area contributed by atoms with E-state index in [4.69, 9.17) is 10.00 Å². The highest BCUT2D eigenvalue weighted by molar-refractivity contribution is 6.04. The van der Waals surface area contributed by atoms with Crippen LogP contribution < -0.4 is 10.9 Å². The largest absolute Gasteiger partial charge is 0.452 e. The second kappa shape index (κ2) is 7.32. The molecular formula is C19H13N3O4. The molecule has 0 aliphatic rings. The van der Waals surface area contributed by atoms with Crippen LogP contribution in [0, 0.1) is 11.3 Å². The van der Waals surface area contributed by atoms with Gasteiger partial charge in [-0.05, 0) is 24.3 Å². The number of anilines is 1. The molecule has 26 heavy (non-hydrogen) atoms. The van der Waals surface area contributed by atoms with Gasteiger partial charge in [-0.3, -0.25) is 9.59 Å². The molecule has 0 spiro atoms. The molecule has 3 aromatic rings. The Morgan fingerprint density at radius 2 is 1.92 bits per heavy atom. The lowest BCUT2D eigenvalue weighted by molar-refractivity contribution is -0.119. The van der Waals surface area contributed by atoms with Gasteiger partial charge in [-0.1, -0.05) is 24.3 Å². The lowest BCUT2D eigenvalue weighted by atomic mass is 10.1. The Morgan fingerprint density at radius 1 is 1.12 bits per heavy atom. The quantitative estimate of drug-likeness (QED) is 0.703. The van der Waals surface area contributed by atoms with Gasteiger partial charge < -0.3 is 15.0 Å². The van der Waals surface area contributed by atoms with E-state index in [1.165, 1.54) is 6.07 Å². The zero-order valence-corrected chi connectivity index (χ0v) is 13.5. The molecule has 1 aromatic heterocycles. The number of rotatable bonds is 4. The second-order valence-electron chi connectivity index (χ2n) is 5.41. The zero-order valence-electron chi connectivity index (χ0n) is 13.5. The maximum absolute atomic E-state index is 12.3. The third kappa shape index (κ3) is 3.76. The van der Waals surface area contributed by atoms with Crippen molar-refractivity contribution in [1.29, 1.82) is 5.26 Å². The minimum atomic E-state index is -0.770.